The Morgan fingerprint density at radius 1 is 1.04 bits per heavy atom. The molecule has 0 fully saturated rings. The van der Waals surface area contributed by atoms with E-state index in [2.05, 4.69) is 42.2 Å². The predicted molar refractivity (Wildman–Crippen MR) is 107 cm³/mol. The second-order valence-electron chi connectivity index (χ2n) is 6.03. The number of nitrogens with zero attached hydrogens (tertiary/aromatic N) is 2. The van der Waals surface area contributed by atoms with Gasteiger partial charge in [-0.15, -0.1) is 11.3 Å². The number of hydrogen-bond donors (Lipinski definition) is 1. The number of nitrogens with two attached hydrogens (primary N) is 1. The molecule has 0 amide bonds. The summed E-state index contributed by atoms with van der Waals surface area (Å²) < 4.78 is 0. The van der Waals surface area contributed by atoms with Crippen LogP contribution < -0.4 is 5.73 Å². The maximum atomic E-state index is 6.51. The third-order valence-electron chi connectivity index (χ3n) is 4.30. The van der Waals surface area contributed by atoms with Gasteiger partial charge in [-0.05, 0) is 35.7 Å². The molecule has 124 valence electrons. The summed E-state index contributed by atoms with van der Waals surface area (Å²) in [6.45, 7) is 2.18. The number of nitrogen functional groups attached to an aromatic ring is 1. The molecule has 0 aliphatic rings. The van der Waals surface area contributed by atoms with E-state index in [0.717, 1.165) is 51.1 Å². The monoisotopic (exact) mass is 345 g/mol. The first-order valence-corrected chi connectivity index (χ1v) is 9.27. The summed E-state index contributed by atoms with van der Waals surface area (Å²) in [6, 6.07) is 16.5. The van der Waals surface area contributed by atoms with E-state index in [0.29, 0.717) is 0 Å². The molecule has 0 saturated carbocycles. The Balaban J connectivity index is 2.02. The van der Waals surface area contributed by atoms with Gasteiger partial charge in [0.15, 0.2) is 0 Å². The van der Waals surface area contributed by atoms with Gasteiger partial charge in [0.25, 0.3) is 0 Å². The smallest absolute Gasteiger partial charge is 0.127 e. The van der Waals surface area contributed by atoms with Gasteiger partial charge in [-0.2, -0.15) is 0 Å². The third-order valence-corrected chi connectivity index (χ3v) is 5.45. The molecule has 25 heavy (non-hydrogen) atoms. The van der Waals surface area contributed by atoms with Crippen LogP contribution in [0.1, 0.15) is 18.2 Å². The van der Waals surface area contributed by atoms with Crippen molar-refractivity contribution in [2.75, 3.05) is 5.73 Å². The number of aryl methyl sites for hydroxylation is 1. The number of thiophene rings is 1. The van der Waals surface area contributed by atoms with E-state index in [1.54, 1.807) is 17.5 Å². The highest BCUT2D eigenvalue weighted by atomic mass is 32.1. The highest BCUT2D eigenvalue weighted by Crippen LogP contribution is 2.41. The second kappa shape index (κ2) is 6.65. The molecule has 0 bridgehead atoms. The first kappa shape index (κ1) is 15.8. The molecule has 1 aromatic carbocycles. The summed E-state index contributed by atoms with van der Waals surface area (Å²) in [6.07, 6.45) is 5.70. The van der Waals surface area contributed by atoms with E-state index < -0.39 is 0 Å². The van der Waals surface area contributed by atoms with Crippen molar-refractivity contribution >= 4 is 27.2 Å². The van der Waals surface area contributed by atoms with E-state index in [1.807, 2.05) is 24.4 Å². The van der Waals surface area contributed by atoms with Gasteiger partial charge >= 0.3 is 0 Å². The highest BCUT2D eigenvalue weighted by Gasteiger charge is 2.17. The lowest BCUT2D eigenvalue weighted by Crippen LogP contribution is -1.92. The van der Waals surface area contributed by atoms with Gasteiger partial charge in [0.1, 0.15) is 4.83 Å². The molecule has 3 nitrogen and oxygen atoms in total. The Morgan fingerprint density at radius 3 is 2.56 bits per heavy atom. The SMILES string of the molecule is CCCc1sc2nc(-c3cccnc3)cc(-c3ccccc3)c2c1N. The molecule has 0 atom stereocenters. The van der Waals surface area contributed by atoms with Crippen LogP contribution in [0, 0.1) is 0 Å². The fraction of sp³-hybridized carbons (Fsp3) is 0.143. The fourth-order valence-electron chi connectivity index (χ4n) is 3.09. The fourth-order valence-corrected chi connectivity index (χ4v) is 4.30. The van der Waals surface area contributed by atoms with Gasteiger partial charge in [0.2, 0.25) is 0 Å². The van der Waals surface area contributed by atoms with Crippen molar-refractivity contribution in [3.63, 3.8) is 0 Å². The predicted octanol–water partition coefficient (Wildman–Crippen LogP) is 5.56. The molecule has 0 aliphatic heterocycles. The Hall–Kier alpha value is -2.72. The van der Waals surface area contributed by atoms with E-state index >= 15 is 0 Å². The van der Waals surface area contributed by atoms with E-state index in [9.17, 15) is 0 Å². The summed E-state index contributed by atoms with van der Waals surface area (Å²) in [5.74, 6) is 0. The Morgan fingerprint density at radius 2 is 1.84 bits per heavy atom. The van der Waals surface area contributed by atoms with Crippen LogP contribution >= 0.6 is 11.3 Å². The molecule has 0 unspecified atom stereocenters. The topological polar surface area (TPSA) is 51.8 Å². The van der Waals surface area contributed by atoms with Crippen LogP contribution in [0.4, 0.5) is 5.69 Å². The van der Waals surface area contributed by atoms with Crippen molar-refractivity contribution in [3.8, 4) is 22.4 Å². The largest absolute Gasteiger partial charge is 0.397 e. The molecule has 0 radical (unpaired) electrons. The molecular formula is C21H19N3S. The highest BCUT2D eigenvalue weighted by molar-refractivity contribution is 7.19. The van der Waals surface area contributed by atoms with Gasteiger partial charge in [0.05, 0.1) is 11.4 Å². The number of benzene rings is 1. The van der Waals surface area contributed by atoms with Crippen molar-refractivity contribution in [1.82, 2.24) is 9.97 Å². The molecule has 0 spiro atoms. The quantitative estimate of drug-likeness (QED) is 0.527. The average molecular weight is 345 g/mol. The van der Waals surface area contributed by atoms with E-state index in [4.69, 9.17) is 10.7 Å². The van der Waals surface area contributed by atoms with Crippen LogP contribution in [-0.2, 0) is 6.42 Å². The standard InChI is InChI=1S/C21H19N3S/c1-2-7-18-20(22)19-16(14-8-4-3-5-9-14)12-17(24-21(19)25-18)15-10-6-11-23-13-15/h3-6,8-13H,2,7,22H2,1H3. The summed E-state index contributed by atoms with van der Waals surface area (Å²) in [5.41, 5.74) is 11.6. The van der Waals surface area contributed by atoms with Gasteiger partial charge in [-0.25, -0.2) is 4.98 Å². The number of fused-ring (bicyclic) bond motifs is 1. The van der Waals surface area contributed by atoms with Crippen molar-refractivity contribution in [1.29, 1.82) is 0 Å². The van der Waals surface area contributed by atoms with Gasteiger partial charge < -0.3 is 5.73 Å². The summed E-state index contributed by atoms with van der Waals surface area (Å²) in [5, 5.41) is 1.08. The number of rotatable bonds is 4. The minimum atomic E-state index is 0.880. The summed E-state index contributed by atoms with van der Waals surface area (Å²) in [4.78, 5) is 11.4. The zero-order valence-electron chi connectivity index (χ0n) is 14.1. The van der Waals surface area contributed by atoms with Crippen LogP contribution in [0.25, 0.3) is 32.6 Å². The van der Waals surface area contributed by atoms with Crippen molar-refractivity contribution < 1.29 is 0 Å². The molecule has 2 N–H and O–H groups in total. The maximum Gasteiger partial charge on any atom is 0.127 e. The first-order chi connectivity index (χ1) is 12.3. The van der Waals surface area contributed by atoms with Crippen LogP contribution in [0.2, 0.25) is 0 Å². The lowest BCUT2D eigenvalue weighted by atomic mass is 10.00. The molecule has 4 heteroatoms. The Bertz CT molecular complexity index is 1010. The third kappa shape index (κ3) is 2.89. The molecule has 4 rings (SSSR count). The normalized spacial score (nSPS) is 11.1. The zero-order chi connectivity index (χ0) is 17.2. The van der Waals surface area contributed by atoms with E-state index in [1.165, 1.54) is 4.88 Å². The lowest BCUT2D eigenvalue weighted by Gasteiger charge is -2.08. The van der Waals surface area contributed by atoms with Crippen LogP contribution in [0.15, 0.2) is 60.9 Å². The molecule has 4 aromatic rings. The maximum absolute atomic E-state index is 6.51. The molecule has 3 aromatic heterocycles. The molecular weight excluding hydrogens is 326 g/mol. The second-order valence-corrected chi connectivity index (χ2v) is 7.12. The Kier molecular flexibility index (Phi) is 4.20. The minimum absolute atomic E-state index is 0.880. The van der Waals surface area contributed by atoms with Crippen LogP contribution in [0.3, 0.4) is 0 Å². The van der Waals surface area contributed by atoms with Crippen molar-refractivity contribution in [2.24, 2.45) is 0 Å². The lowest BCUT2D eigenvalue weighted by molar-refractivity contribution is 0.942. The molecule has 0 saturated heterocycles. The van der Waals surface area contributed by atoms with Gasteiger partial charge in [0, 0.05) is 28.2 Å². The molecule has 3 heterocycles. The summed E-state index contributed by atoms with van der Waals surface area (Å²) in [7, 11) is 0. The zero-order valence-corrected chi connectivity index (χ0v) is 14.9. The number of hydrogen-bond acceptors (Lipinski definition) is 4. The first-order valence-electron chi connectivity index (χ1n) is 8.45. The Labute approximate surface area is 151 Å². The minimum Gasteiger partial charge on any atom is -0.397 e. The molecule has 0 aliphatic carbocycles. The number of aromatic nitrogens is 2. The van der Waals surface area contributed by atoms with Gasteiger partial charge in [-0.1, -0.05) is 43.7 Å². The van der Waals surface area contributed by atoms with E-state index in [-0.39, 0.29) is 0 Å². The number of anilines is 1. The average Bonchev–Trinajstić information content (AvgIpc) is 2.98. The van der Waals surface area contributed by atoms with Crippen LogP contribution in [-0.4, -0.2) is 9.97 Å². The van der Waals surface area contributed by atoms with Crippen molar-refractivity contribution in [3.05, 3.63) is 65.8 Å². The van der Waals surface area contributed by atoms with Crippen molar-refractivity contribution in [2.45, 2.75) is 19.8 Å². The van der Waals surface area contributed by atoms with Crippen LogP contribution in [0.5, 0.6) is 0 Å². The number of pyridine rings is 2. The summed E-state index contributed by atoms with van der Waals surface area (Å²) >= 11 is 1.71. The van der Waals surface area contributed by atoms with Gasteiger partial charge in [-0.3, -0.25) is 4.98 Å².